The summed E-state index contributed by atoms with van der Waals surface area (Å²) in [7, 11) is 0. The zero-order valence-corrected chi connectivity index (χ0v) is 15.6. The maximum atomic E-state index is 13.8. The van der Waals surface area contributed by atoms with Gasteiger partial charge in [0.15, 0.2) is 0 Å². The van der Waals surface area contributed by atoms with Crippen molar-refractivity contribution < 1.29 is 14.0 Å². The molecule has 0 bridgehead atoms. The van der Waals surface area contributed by atoms with Crippen LogP contribution in [-0.2, 0) is 9.59 Å². The van der Waals surface area contributed by atoms with Crippen LogP contribution in [0, 0.1) is 5.82 Å². The van der Waals surface area contributed by atoms with Gasteiger partial charge in [-0.1, -0.05) is 30.3 Å². The van der Waals surface area contributed by atoms with E-state index in [2.05, 4.69) is 11.9 Å². The van der Waals surface area contributed by atoms with E-state index >= 15 is 0 Å². The molecule has 8 heteroatoms. The molecule has 2 aromatic rings. The Morgan fingerprint density at radius 2 is 2.00 bits per heavy atom. The molecule has 2 aromatic carbocycles. The van der Waals surface area contributed by atoms with E-state index in [0.29, 0.717) is 22.0 Å². The molecular formula is C20H18ClFN4O2. The van der Waals surface area contributed by atoms with E-state index in [4.69, 9.17) is 17.4 Å². The molecule has 1 aliphatic heterocycles. The fourth-order valence-corrected chi connectivity index (χ4v) is 2.85. The quantitative estimate of drug-likeness (QED) is 0.350. The van der Waals surface area contributed by atoms with Crippen LogP contribution in [0.25, 0.3) is 5.70 Å². The highest BCUT2D eigenvalue weighted by molar-refractivity contribution is 6.30. The summed E-state index contributed by atoms with van der Waals surface area (Å²) in [4.78, 5) is 25.2. The van der Waals surface area contributed by atoms with Crippen LogP contribution in [0.15, 0.2) is 66.8 Å². The second-order valence-electron chi connectivity index (χ2n) is 6.17. The standard InChI is InChI=1S/C20H18ClFN4O2/c1-13(20(28)25-11-19(27)24-12-25)9-18(14-3-2-4-16(22)10-14)26(23)17-7-5-15(21)6-8-17/h2-10H,1,11-12,23H2,(H,24,27)/b18-9-. The van der Waals surface area contributed by atoms with Gasteiger partial charge in [-0.2, -0.15) is 0 Å². The number of anilines is 1. The van der Waals surface area contributed by atoms with Crippen LogP contribution in [0.3, 0.4) is 0 Å². The number of carbonyl (C=O) groups excluding carboxylic acids is 2. The van der Waals surface area contributed by atoms with Crippen molar-refractivity contribution in [1.29, 1.82) is 0 Å². The average Bonchev–Trinajstić information content (AvgIpc) is 3.11. The van der Waals surface area contributed by atoms with Crippen LogP contribution in [-0.4, -0.2) is 29.9 Å². The Labute approximate surface area is 166 Å². The molecule has 0 saturated carbocycles. The fourth-order valence-electron chi connectivity index (χ4n) is 2.72. The van der Waals surface area contributed by atoms with Crippen molar-refractivity contribution in [1.82, 2.24) is 10.2 Å². The van der Waals surface area contributed by atoms with Gasteiger partial charge in [-0.3, -0.25) is 14.6 Å². The summed E-state index contributed by atoms with van der Waals surface area (Å²) in [6, 6.07) is 12.6. The third-order valence-electron chi connectivity index (χ3n) is 4.16. The summed E-state index contributed by atoms with van der Waals surface area (Å²) >= 11 is 5.92. The molecule has 0 spiro atoms. The molecule has 1 aliphatic rings. The summed E-state index contributed by atoms with van der Waals surface area (Å²) in [5.41, 5.74) is 1.51. The number of rotatable bonds is 5. The van der Waals surface area contributed by atoms with E-state index in [1.807, 2.05) is 0 Å². The fraction of sp³-hybridized carbons (Fsp3) is 0.100. The number of hydrazine groups is 1. The minimum atomic E-state index is -0.445. The molecule has 1 fully saturated rings. The van der Waals surface area contributed by atoms with E-state index in [9.17, 15) is 14.0 Å². The van der Waals surface area contributed by atoms with Crippen molar-refractivity contribution in [3.63, 3.8) is 0 Å². The van der Waals surface area contributed by atoms with Gasteiger partial charge in [0.25, 0.3) is 5.91 Å². The van der Waals surface area contributed by atoms with Crippen LogP contribution in [0.2, 0.25) is 5.02 Å². The van der Waals surface area contributed by atoms with Gasteiger partial charge < -0.3 is 10.2 Å². The first-order valence-corrected chi connectivity index (χ1v) is 8.76. The van der Waals surface area contributed by atoms with Gasteiger partial charge in [0.2, 0.25) is 5.91 Å². The number of nitrogens with zero attached hydrogens (tertiary/aromatic N) is 2. The number of carbonyl (C=O) groups is 2. The highest BCUT2D eigenvalue weighted by Gasteiger charge is 2.25. The molecule has 0 radical (unpaired) electrons. The Kier molecular flexibility index (Phi) is 5.77. The van der Waals surface area contributed by atoms with Crippen molar-refractivity contribution in [2.75, 3.05) is 18.2 Å². The normalized spacial score (nSPS) is 14.0. The lowest BCUT2D eigenvalue weighted by Crippen LogP contribution is -2.32. The van der Waals surface area contributed by atoms with Crippen LogP contribution < -0.4 is 16.2 Å². The first kappa shape index (κ1) is 19.6. The number of nitrogens with two attached hydrogens (primary N) is 1. The van der Waals surface area contributed by atoms with E-state index in [0.717, 1.165) is 0 Å². The molecular weight excluding hydrogens is 383 g/mol. The van der Waals surface area contributed by atoms with Gasteiger partial charge in [0.1, 0.15) is 12.4 Å². The number of benzene rings is 2. The summed E-state index contributed by atoms with van der Waals surface area (Å²) in [6.45, 7) is 3.88. The smallest absolute Gasteiger partial charge is 0.255 e. The van der Waals surface area contributed by atoms with Gasteiger partial charge in [-0.15, -0.1) is 0 Å². The van der Waals surface area contributed by atoms with Gasteiger partial charge in [-0.25, -0.2) is 10.2 Å². The molecule has 3 N–H and O–H groups in total. The largest absolute Gasteiger partial charge is 0.337 e. The SMILES string of the molecule is C=C(/C=C(/c1cccc(F)c1)N(N)c1ccc(Cl)cc1)C(=O)N1CNC(=O)C1. The van der Waals surface area contributed by atoms with Crippen LogP contribution in [0.1, 0.15) is 5.56 Å². The Hall–Kier alpha value is -3.16. The summed E-state index contributed by atoms with van der Waals surface area (Å²) in [5, 5.41) is 4.42. The summed E-state index contributed by atoms with van der Waals surface area (Å²) in [5.74, 6) is 5.16. The first-order chi connectivity index (χ1) is 13.3. The highest BCUT2D eigenvalue weighted by Crippen LogP contribution is 2.26. The number of nitrogens with one attached hydrogen (secondary N) is 1. The van der Waals surface area contributed by atoms with Crippen LogP contribution in [0.5, 0.6) is 0 Å². The number of hydrogen-bond donors (Lipinski definition) is 2. The van der Waals surface area contributed by atoms with Gasteiger partial charge in [0, 0.05) is 16.2 Å². The number of halogens is 2. The second-order valence-corrected chi connectivity index (χ2v) is 6.61. The van der Waals surface area contributed by atoms with Crippen molar-refractivity contribution >= 4 is 34.8 Å². The minimum absolute atomic E-state index is 0.0372. The zero-order valence-electron chi connectivity index (χ0n) is 14.9. The number of amides is 2. The Morgan fingerprint density at radius 3 is 2.61 bits per heavy atom. The first-order valence-electron chi connectivity index (χ1n) is 8.38. The molecule has 0 aliphatic carbocycles. The lowest BCUT2D eigenvalue weighted by molar-refractivity contribution is -0.127. The molecule has 0 unspecified atom stereocenters. The van der Waals surface area contributed by atoms with Crippen molar-refractivity contribution in [2.24, 2.45) is 5.84 Å². The maximum absolute atomic E-state index is 13.8. The van der Waals surface area contributed by atoms with Crippen molar-refractivity contribution in [3.05, 3.63) is 83.2 Å². The van der Waals surface area contributed by atoms with Crippen LogP contribution >= 0.6 is 11.6 Å². The molecule has 28 heavy (non-hydrogen) atoms. The monoisotopic (exact) mass is 400 g/mol. The van der Waals surface area contributed by atoms with Gasteiger partial charge >= 0.3 is 0 Å². The Bertz CT molecular complexity index is 959. The lowest BCUT2D eigenvalue weighted by Gasteiger charge is -2.23. The van der Waals surface area contributed by atoms with Crippen LogP contribution in [0.4, 0.5) is 10.1 Å². The topological polar surface area (TPSA) is 78.7 Å². The van der Waals surface area contributed by atoms with E-state index in [1.54, 1.807) is 36.4 Å². The molecule has 3 rings (SSSR count). The molecule has 1 heterocycles. The maximum Gasteiger partial charge on any atom is 0.255 e. The molecule has 144 valence electrons. The Balaban J connectivity index is 1.96. The van der Waals surface area contributed by atoms with E-state index < -0.39 is 11.7 Å². The molecule has 0 aromatic heterocycles. The van der Waals surface area contributed by atoms with Gasteiger partial charge in [0.05, 0.1) is 18.1 Å². The minimum Gasteiger partial charge on any atom is -0.337 e. The number of hydrogen-bond acceptors (Lipinski definition) is 4. The predicted molar refractivity (Wildman–Crippen MR) is 106 cm³/mol. The van der Waals surface area contributed by atoms with Crippen molar-refractivity contribution in [2.45, 2.75) is 0 Å². The average molecular weight is 401 g/mol. The predicted octanol–water partition coefficient (Wildman–Crippen LogP) is 2.67. The zero-order chi connectivity index (χ0) is 20.3. The summed E-state index contributed by atoms with van der Waals surface area (Å²) < 4.78 is 13.8. The third-order valence-corrected chi connectivity index (χ3v) is 4.41. The molecule has 1 saturated heterocycles. The molecule has 6 nitrogen and oxygen atoms in total. The second kappa shape index (κ2) is 8.24. The Morgan fingerprint density at radius 1 is 1.29 bits per heavy atom. The van der Waals surface area contributed by atoms with Crippen molar-refractivity contribution in [3.8, 4) is 0 Å². The molecule has 2 amide bonds. The summed E-state index contributed by atoms with van der Waals surface area (Å²) in [6.07, 6.45) is 1.47. The third kappa shape index (κ3) is 4.39. The lowest BCUT2D eigenvalue weighted by atomic mass is 10.1. The van der Waals surface area contributed by atoms with E-state index in [1.165, 1.54) is 28.1 Å². The highest BCUT2D eigenvalue weighted by atomic mass is 35.5. The van der Waals surface area contributed by atoms with E-state index in [-0.39, 0.29) is 24.7 Å². The van der Waals surface area contributed by atoms with Gasteiger partial charge in [-0.05, 0) is 42.5 Å². The molecule has 0 atom stereocenters.